The largest absolute Gasteiger partial charge is 0.325 e. The van der Waals surface area contributed by atoms with Crippen LogP contribution in [0, 0.1) is 0 Å². The molecule has 1 heterocycles. The average Bonchev–Trinajstić information content (AvgIpc) is 2.47. The van der Waals surface area contributed by atoms with E-state index in [4.69, 9.17) is 11.6 Å². The molecule has 1 aliphatic rings. The number of nitrogens with zero attached hydrogens (tertiary/aromatic N) is 2. The van der Waals surface area contributed by atoms with Gasteiger partial charge in [-0.3, -0.25) is 0 Å². The summed E-state index contributed by atoms with van der Waals surface area (Å²) in [5, 5.41) is 0.721. The first-order valence-electron chi connectivity index (χ1n) is 4.83. The third kappa shape index (κ3) is 1.79. The number of urea groups is 1. The van der Waals surface area contributed by atoms with Crippen molar-refractivity contribution in [2.75, 3.05) is 20.6 Å². The molecule has 1 atom stereocenters. The van der Waals surface area contributed by atoms with E-state index in [0.717, 1.165) is 17.1 Å². The summed E-state index contributed by atoms with van der Waals surface area (Å²) in [5.74, 6) is 0. The van der Waals surface area contributed by atoms with Crippen LogP contribution in [0.25, 0.3) is 0 Å². The summed E-state index contributed by atoms with van der Waals surface area (Å²) >= 11 is 5.82. The highest BCUT2D eigenvalue weighted by atomic mass is 35.5. The first kappa shape index (κ1) is 10.3. The monoisotopic (exact) mass is 224 g/mol. The van der Waals surface area contributed by atoms with Gasteiger partial charge in [-0.05, 0) is 17.7 Å². The summed E-state index contributed by atoms with van der Waals surface area (Å²) in [6.07, 6.45) is 0. The molecule has 2 amide bonds. The van der Waals surface area contributed by atoms with Gasteiger partial charge in [-0.2, -0.15) is 0 Å². The van der Waals surface area contributed by atoms with E-state index in [9.17, 15) is 4.79 Å². The van der Waals surface area contributed by atoms with Gasteiger partial charge in [0, 0.05) is 25.7 Å². The maximum atomic E-state index is 11.6. The molecule has 0 bridgehead atoms. The van der Waals surface area contributed by atoms with Crippen molar-refractivity contribution < 1.29 is 4.79 Å². The number of benzene rings is 1. The SMILES string of the molecule is CN1CC(c2ccc(Cl)cc2)N(C)C1=O. The van der Waals surface area contributed by atoms with E-state index < -0.39 is 0 Å². The Kier molecular flexibility index (Phi) is 2.57. The van der Waals surface area contributed by atoms with Gasteiger partial charge >= 0.3 is 6.03 Å². The van der Waals surface area contributed by atoms with Crippen molar-refractivity contribution in [3.8, 4) is 0 Å². The molecule has 1 aromatic carbocycles. The molecule has 0 radical (unpaired) electrons. The molecule has 4 heteroatoms. The van der Waals surface area contributed by atoms with Crippen LogP contribution in [0.5, 0.6) is 0 Å². The number of amides is 2. The molecule has 0 saturated carbocycles. The van der Waals surface area contributed by atoms with Gasteiger partial charge in [-0.1, -0.05) is 23.7 Å². The minimum atomic E-state index is 0.0648. The standard InChI is InChI=1S/C11H13ClN2O/c1-13-7-10(14(2)11(13)15)8-3-5-9(12)6-4-8/h3-6,10H,7H2,1-2H3. The highest BCUT2D eigenvalue weighted by Gasteiger charge is 2.32. The van der Waals surface area contributed by atoms with Gasteiger partial charge in [-0.25, -0.2) is 4.79 Å². The number of rotatable bonds is 1. The van der Waals surface area contributed by atoms with Crippen LogP contribution in [0.4, 0.5) is 4.79 Å². The molecule has 2 rings (SSSR count). The van der Waals surface area contributed by atoms with Crippen molar-refractivity contribution in [3.05, 3.63) is 34.9 Å². The lowest BCUT2D eigenvalue weighted by Crippen LogP contribution is -2.26. The highest BCUT2D eigenvalue weighted by Crippen LogP contribution is 2.27. The van der Waals surface area contributed by atoms with Crippen molar-refractivity contribution in [1.29, 1.82) is 0 Å². The zero-order chi connectivity index (χ0) is 11.0. The smallest absolute Gasteiger partial charge is 0.320 e. The van der Waals surface area contributed by atoms with E-state index in [0.29, 0.717) is 0 Å². The summed E-state index contributed by atoms with van der Waals surface area (Å²) in [6, 6.07) is 7.85. The fourth-order valence-electron chi connectivity index (χ4n) is 1.88. The summed E-state index contributed by atoms with van der Waals surface area (Å²) in [5.41, 5.74) is 1.12. The number of carbonyl (C=O) groups is 1. The Bertz CT molecular complexity index is 377. The number of carbonyl (C=O) groups excluding carboxylic acids is 1. The van der Waals surface area contributed by atoms with Gasteiger partial charge in [0.1, 0.15) is 0 Å². The van der Waals surface area contributed by atoms with E-state index in [1.807, 2.05) is 38.4 Å². The van der Waals surface area contributed by atoms with Gasteiger partial charge in [0.15, 0.2) is 0 Å². The molecule has 0 spiro atoms. The van der Waals surface area contributed by atoms with Gasteiger partial charge in [0.05, 0.1) is 6.04 Å². The maximum absolute atomic E-state index is 11.6. The molecule has 80 valence electrons. The van der Waals surface area contributed by atoms with Crippen LogP contribution in [0.1, 0.15) is 11.6 Å². The zero-order valence-electron chi connectivity index (χ0n) is 8.77. The fraction of sp³-hybridized carbons (Fsp3) is 0.364. The van der Waals surface area contributed by atoms with Crippen LogP contribution in [0.3, 0.4) is 0 Å². The Morgan fingerprint density at radius 3 is 2.33 bits per heavy atom. The molecule has 3 nitrogen and oxygen atoms in total. The Hall–Kier alpha value is -1.22. The lowest BCUT2D eigenvalue weighted by atomic mass is 10.1. The van der Waals surface area contributed by atoms with Crippen LogP contribution in [0.2, 0.25) is 5.02 Å². The second-order valence-electron chi connectivity index (χ2n) is 3.84. The third-order valence-corrected chi connectivity index (χ3v) is 3.05. The molecular formula is C11H13ClN2O. The number of halogens is 1. The first-order chi connectivity index (χ1) is 7.09. The van der Waals surface area contributed by atoms with E-state index in [1.54, 1.807) is 9.80 Å². The van der Waals surface area contributed by atoms with Crippen molar-refractivity contribution in [2.45, 2.75) is 6.04 Å². The molecule has 1 saturated heterocycles. The Morgan fingerprint density at radius 2 is 1.87 bits per heavy atom. The second kappa shape index (κ2) is 3.74. The zero-order valence-corrected chi connectivity index (χ0v) is 9.53. The number of hydrogen-bond donors (Lipinski definition) is 0. The summed E-state index contributed by atoms with van der Waals surface area (Å²) < 4.78 is 0. The third-order valence-electron chi connectivity index (χ3n) is 2.80. The predicted molar refractivity (Wildman–Crippen MR) is 60.0 cm³/mol. The fourth-order valence-corrected chi connectivity index (χ4v) is 2.00. The molecular weight excluding hydrogens is 212 g/mol. The molecule has 1 aromatic rings. The van der Waals surface area contributed by atoms with E-state index in [1.165, 1.54) is 0 Å². The molecule has 0 aromatic heterocycles. The van der Waals surface area contributed by atoms with Crippen molar-refractivity contribution >= 4 is 17.6 Å². The molecule has 1 fully saturated rings. The molecule has 0 aliphatic carbocycles. The molecule has 15 heavy (non-hydrogen) atoms. The van der Waals surface area contributed by atoms with Crippen LogP contribution >= 0.6 is 11.6 Å². The Morgan fingerprint density at radius 1 is 1.27 bits per heavy atom. The maximum Gasteiger partial charge on any atom is 0.320 e. The van der Waals surface area contributed by atoms with Crippen LogP contribution in [-0.4, -0.2) is 36.5 Å². The lowest BCUT2D eigenvalue weighted by Gasteiger charge is -2.17. The van der Waals surface area contributed by atoms with Crippen molar-refractivity contribution in [1.82, 2.24) is 9.80 Å². The Balaban J connectivity index is 2.25. The number of likely N-dealkylation sites (N-methyl/N-ethyl adjacent to an activating group) is 2. The molecule has 0 N–H and O–H groups in total. The first-order valence-corrected chi connectivity index (χ1v) is 5.21. The van der Waals surface area contributed by atoms with Crippen molar-refractivity contribution in [2.24, 2.45) is 0 Å². The van der Waals surface area contributed by atoms with Gasteiger partial charge in [-0.15, -0.1) is 0 Å². The molecule has 1 unspecified atom stereocenters. The van der Waals surface area contributed by atoms with Crippen molar-refractivity contribution in [3.63, 3.8) is 0 Å². The van der Waals surface area contributed by atoms with E-state index >= 15 is 0 Å². The van der Waals surface area contributed by atoms with Crippen LogP contribution in [-0.2, 0) is 0 Å². The van der Waals surface area contributed by atoms with Gasteiger partial charge < -0.3 is 9.80 Å². The average molecular weight is 225 g/mol. The quantitative estimate of drug-likeness (QED) is 0.719. The lowest BCUT2D eigenvalue weighted by molar-refractivity contribution is 0.201. The molecule has 1 aliphatic heterocycles. The predicted octanol–water partition coefficient (Wildman–Crippen LogP) is 2.38. The van der Waals surface area contributed by atoms with Gasteiger partial charge in [0.25, 0.3) is 0 Å². The minimum absolute atomic E-state index is 0.0648. The van der Waals surface area contributed by atoms with Crippen LogP contribution in [0.15, 0.2) is 24.3 Å². The topological polar surface area (TPSA) is 23.6 Å². The van der Waals surface area contributed by atoms with E-state index in [2.05, 4.69) is 0 Å². The summed E-state index contributed by atoms with van der Waals surface area (Å²) in [6.45, 7) is 0.733. The normalized spacial score (nSPS) is 21.3. The Labute approximate surface area is 94.2 Å². The highest BCUT2D eigenvalue weighted by molar-refractivity contribution is 6.30. The summed E-state index contributed by atoms with van der Waals surface area (Å²) in [4.78, 5) is 15.1. The van der Waals surface area contributed by atoms with Crippen LogP contribution < -0.4 is 0 Å². The summed E-state index contributed by atoms with van der Waals surface area (Å²) in [7, 11) is 3.64. The van der Waals surface area contributed by atoms with Gasteiger partial charge in [0.2, 0.25) is 0 Å². The van der Waals surface area contributed by atoms with E-state index in [-0.39, 0.29) is 12.1 Å². The minimum Gasteiger partial charge on any atom is -0.325 e. The number of hydrogen-bond acceptors (Lipinski definition) is 1. The second-order valence-corrected chi connectivity index (χ2v) is 4.28.